The first-order valence-electron chi connectivity index (χ1n) is 8.49. The molecule has 2 heterocycles. The molecule has 0 bridgehead atoms. The molecule has 0 atom stereocenters. The second-order valence-electron chi connectivity index (χ2n) is 5.88. The summed E-state index contributed by atoms with van der Waals surface area (Å²) in [6.45, 7) is 0. The number of fused-ring (bicyclic) bond motifs is 1. The summed E-state index contributed by atoms with van der Waals surface area (Å²) in [5.74, 6) is -0.149. The van der Waals surface area contributed by atoms with Gasteiger partial charge in [0.15, 0.2) is 0 Å². The number of amides is 1. The summed E-state index contributed by atoms with van der Waals surface area (Å²) >= 11 is 0. The lowest BCUT2D eigenvalue weighted by Gasteiger charge is -2.09. The van der Waals surface area contributed by atoms with Gasteiger partial charge >= 0.3 is 0 Å². The average molecular weight is 366 g/mol. The third kappa shape index (κ3) is 3.48. The molecule has 0 spiro atoms. The van der Waals surface area contributed by atoms with Crippen LogP contribution >= 0.6 is 0 Å². The average Bonchev–Trinajstić information content (AvgIpc) is 2.74. The Morgan fingerprint density at radius 1 is 0.893 bits per heavy atom. The van der Waals surface area contributed by atoms with Gasteiger partial charge in [0.2, 0.25) is 5.95 Å². The maximum Gasteiger partial charge on any atom is 0.274 e. The predicted molar refractivity (Wildman–Crippen MR) is 106 cm³/mol. The van der Waals surface area contributed by atoms with E-state index < -0.39 is 5.91 Å². The minimum atomic E-state index is -0.427. The second kappa shape index (κ2) is 7.51. The summed E-state index contributed by atoms with van der Waals surface area (Å²) in [7, 11) is 0. The van der Waals surface area contributed by atoms with E-state index >= 15 is 0 Å². The van der Waals surface area contributed by atoms with Crippen LogP contribution in [0.3, 0.4) is 0 Å². The van der Waals surface area contributed by atoms with Crippen LogP contribution in [-0.2, 0) is 0 Å². The molecule has 0 aliphatic carbocycles. The first-order valence-corrected chi connectivity index (χ1v) is 8.49. The first-order chi connectivity index (χ1) is 13.7. The monoisotopic (exact) mass is 366 g/mol. The Hall–Kier alpha value is -4.31. The number of rotatable bonds is 4. The first kappa shape index (κ1) is 17.1. The summed E-state index contributed by atoms with van der Waals surface area (Å²) in [5.41, 5.74) is 2.52. The van der Waals surface area contributed by atoms with Crippen LogP contribution in [0.25, 0.3) is 10.9 Å². The van der Waals surface area contributed by atoms with Crippen LogP contribution in [0.4, 0.5) is 17.3 Å². The SMILES string of the molecule is N#Cc1ccccc1NC(=O)c1ccnc(Nc2cccc3cccnc23)n1. The smallest absolute Gasteiger partial charge is 0.274 e. The largest absolute Gasteiger partial charge is 0.322 e. The fraction of sp³-hybridized carbons (Fsp3) is 0. The van der Waals surface area contributed by atoms with Crippen molar-refractivity contribution in [3.63, 3.8) is 0 Å². The van der Waals surface area contributed by atoms with Crippen LogP contribution in [0.2, 0.25) is 0 Å². The minimum Gasteiger partial charge on any atom is -0.322 e. The van der Waals surface area contributed by atoms with Crippen molar-refractivity contribution in [2.75, 3.05) is 10.6 Å². The Morgan fingerprint density at radius 2 is 1.71 bits per heavy atom. The lowest BCUT2D eigenvalue weighted by atomic mass is 10.2. The number of carbonyl (C=O) groups is 1. The van der Waals surface area contributed by atoms with Gasteiger partial charge in [0.1, 0.15) is 11.8 Å². The van der Waals surface area contributed by atoms with Crippen LogP contribution in [-0.4, -0.2) is 20.9 Å². The van der Waals surface area contributed by atoms with Crippen molar-refractivity contribution in [1.29, 1.82) is 5.26 Å². The molecule has 0 saturated heterocycles. The number of nitrogens with zero attached hydrogens (tertiary/aromatic N) is 4. The van der Waals surface area contributed by atoms with Crippen LogP contribution in [0.1, 0.15) is 16.1 Å². The van der Waals surface area contributed by atoms with Crippen LogP contribution in [0.5, 0.6) is 0 Å². The van der Waals surface area contributed by atoms with Gasteiger partial charge < -0.3 is 10.6 Å². The molecule has 1 amide bonds. The Morgan fingerprint density at radius 3 is 2.61 bits per heavy atom. The van der Waals surface area contributed by atoms with Crippen molar-refractivity contribution in [3.8, 4) is 6.07 Å². The fourth-order valence-corrected chi connectivity index (χ4v) is 2.75. The zero-order valence-electron chi connectivity index (χ0n) is 14.6. The molecule has 7 heteroatoms. The van der Waals surface area contributed by atoms with Gasteiger partial charge in [0.05, 0.1) is 22.5 Å². The van der Waals surface area contributed by atoms with Crippen molar-refractivity contribution in [1.82, 2.24) is 15.0 Å². The molecule has 0 unspecified atom stereocenters. The number of anilines is 3. The van der Waals surface area contributed by atoms with Gasteiger partial charge in [0.25, 0.3) is 5.91 Å². The second-order valence-corrected chi connectivity index (χ2v) is 5.88. The maximum atomic E-state index is 12.5. The fourth-order valence-electron chi connectivity index (χ4n) is 2.75. The van der Waals surface area contributed by atoms with E-state index in [1.165, 1.54) is 12.3 Å². The van der Waals surface area contributed by atoms with E-state index in [9.17, 15) is 4.79 Å². The molecule has 134 valence electrons. The van der Waals surface area contributed by atoms with Crippen molar-refractivity contribution in [3.05, 3.63) is 84.3 Å². The molecule has 28 heavy (non-hydrogen) atoms. The summed E-state index contributed by atoms with van der Waals surface area (Å²) in [5, 5.41) is 16.0. The quantitative estimate of drug-likeness (QED) is 0.568. The topological polar surface area (TPSA) is 104 Å². The van der Waals surface area contributed by atoms with E-state index in [0.29, 0.717) is 11.3 Å². The molecular weight excluding hydrogens is 352 g/mol. The van der Waals surface area contributed by atoms with Crippen LogP contribution in [0, 0.1) is 11.3 Å². The number of para-hydroxylation sites is 2. The molecule has 0 radical (unpaired) electrons. The highest BCUT2D eigenvalue weighted by Gasteiger charge is 2.12. The van der Waals surface area contributed by atoms with Gasteiger partial charge in [0, 0.05) is 17.8 Å². The van der Waals surface area contributed by atoms with E-state index in [2.05, 4.69) is 25.6 Å². The number of aromatic nitrogens is 3. The highest BCUT2D eigenvalue weighted by molar-refractivity contribution is 6.03. The summed E-state index contributed by atoms with van der Waals surface area (Å²) in [4.78, 5) is 25.4. The third-order valence-electron chi connectivity index (χ3n) is 4.06. The van der Waals surface area contributed by atoms with E-state index in [4.69, 9.17) is 5.26 Å². The molecule has 2 aromatic carbocycles. The molecule has 7 nitrogen and oxygen atoms in total. The lowest BCUT2D eigenvalue weighted by molar-refractivity contribution is 0.102. The Labute approximate surface area is 160 Å². The molecule has 2 aromatic heterocycles. The normalized spacial score (nSPS) is 10.2. The number of nitriles is 1. The van der Waals surface area contributed by atoms with Crippen LogP contribution < -0.4 is 10.6 Å². The van der Waals surface area contributed by atoms with E-state index in [0.717, 1.165) is 16.6 Å². The number of hydrogen-bond donors (Lipinski definition) is 2. The highest BCUT2D eigenvalue weighted by atomic mass is 16.1. The zero-order valence-corrected chi connectivity index (χ0v) is 14.6. The molecule has 0 aliphatic heterocycles. The van der Waals surface area contributed by atoms with E-state index in [1.807, 2.05) is 36.4 Å². The van der Waals surface area contributed by atoms with Gasteiger partial charge in [-0.05, 0) is 30.3 Å². The van der Waals surface area contributed by atoms with Crippen molar-refractivity contribution >= 4 is 34.1 Å². The van der Waals surface area contributed by atoms with E-state index in [-0.39, 0.29) is 11.6 Å². The van der Waals surface area contributed by atoms with Gasteiger partial charge in [-0.1, -0.05) is 30.3 Å². The van der Waals surface area contributed by atoms with E-state index in [1.54, 1.807) is 30.5 Å². The summed E-state index contributed by atoms with van der Waals surface area (Å²) in [6, 6.07) is 19.9. The number of hydrogen-bond acceptors (Lipinski definition) is 6. The van der Waals surface area contributed by atoms with Crippen molar-refractivity contribution in [2.45, 2.75) is 0 Å². The molecule has 0 aliphatic rings. The summed E-state index contributed by atoms with van der Waals surface area (Å²) in [6.07, 6.45) is 3.21. The van der Waals surface area contributed by atoms with Crippen LogP contribution in [0.15, 0.2) is 73.1 Å². The lowest BCUT2D eigenvalue weighted by Crippen LogP contribution is -2.15. The van der Waals surface area contributed by atoms with Gasteiger partial charge in [-0.2, -0.15) is 5.26 Å². The highest BCUT2D eigenvalue weighted by Crippen LogP contribution is 2.23. The van der Waals surface area contributed by atoms with Crippen molar-refractivity contribution < 1.29 is 4.79 Å². The standard InChI is InChI=1S/C21H14N6O/c22-13-15-5-1-2-8-16(15)25-20(28)18-10-12-24-21(27-18)26-17-9-3-6-14-7-4-11-23-19(14)17/h1-12H,(H,25,28)(H,24,26,27). The van der Waals surface area contributed by atoms with Gasteiger partial charge in [-0.15, -0.1) is 0 Å². The Balaban J connectivity index is 1.59. The number of benzene rings is 2. The Bertz CT molecular complexity index is 1210. The zero-order chi connectivity index (χ0) is 19.3. The van der Waals surface area contributed by atoms with Gasteiger partial charge in [-0.25, -0.2) is 9.97 Å². The summed E-state index contributed by atoms with van der Waals surface area (Å²) < 4.78 is 0. The molecule has 4 rings (SSSR count). The molecular formula is C21H14N6O. The van der Waals surface area contributed by atoms with Gasteiger partial charge in [-0.3, -0.25) is 9.78 Å². The molecule has 4 aromatic rings. The Kier molecular flexibility index (Phi) is 4.59. The molecule has 2 N–H and O–H groups in total. The number of pyridine rings is 1. The third-order valence-corrected chi connectivity index (χ3v) is 4.06. The maximum absolute atomic E-state index is 12.5. The predicted octanol–water partition coefficient (Wildman–Crippen LogP) is 3.89. The molecule has 0 saturated carbocycles. The molecule has 0 fully saturated rings. The number of carbonyl (C=O) groups excluding carboxylic acids is 1. The number of nitrogens with one attached hydrogen (secondary N) is 2. The van der Waals surface area contributed by atoms with Crippen molar-refractivity contribution in [2.24, 2.45) is 0 Å². The minimum absolute atomic E-state index is 0.179.